The van der Waals surface area contributed by atoms with E-state index in [9.17, 15) is 9.90 Å². The largest absolute Gasteiger partial charge is 0.862 e. The highest BCUT2D eigenvalue weighted by molar-refractivity contribution is 5.79. The van der Waals surface area contributed by atoms with Crippen LogP contribution in [0.15, 0.2) is 33.8 Å². The molecule has 20 heavy (non-hydrogen) atoms. The quantitative estimate of drug-likeness (QED) is 0.337. The third-order valence-electron chi connectivity index (χ3n) is 2.59. The first kappa shape index (κ1) is 13.7. The first-order valence-corrected chi connectivity index (χ1v) is 5.84. The number of carbonyl (C=O) groups is 1. The van der Waals surface area contributed by atoms with Gasteiger partial charge in [0.2, 0.25) is 18.1 Å². The minimum absolute atomic E-state index is 0.0824. The van der Waals surface area contributed by atoms with Crippen molar-refractivity contribution in [1.29, 1.82) is 0 Å². The summed E-state index contributed by atoms with van der Waals surface area (Å²) in [5.41, 5.74) is 1.03. The summed E-state index contributed by atoms with van der Waals surface area (Å²) < 4.78 is 11.3. The van der Waals surface area contributed by atoms with Crippen molar-refractivity contribution in [1.82, 2.24) is 5.27 Å². The summed E-state index contributed by atoms with van der Waals surface area (Å²) in [5, 5.41) is 14.6. The molecule has 0 saturated carbocycles. The Labute approximate surface area is 115 Å². The minimum atomic E-state index is -0.458. The first-order chi connectivity index (χ1) is 9.63. The highest BCUT2D eigenvalue weighted by Crippen LogP contribution is 2.14. The van der Waals surface area contributed by atoms with Gasteiger partial charge in [-0.2, -0.15) is 0 Å². The van der Waals surface area contributed by atoms with E-state index in [-0.39, 0.29) is 11.6 Å². The van der Waals surface area contributed by atoms with Gasteiger partial charge >= 0.3 is 11.6 Å². The molecule has 1 heterocycles. The third-order valence-corrected chi connectivity index (χ3v) is 2.59. The monoisotopic (exact) mass is 275 g/mol. The van der Waals surface area contributed by atoms with Gasteiger partial charge in [0.25, 0.3) is 0 Å². The van der Waals surface area contributed by atoms with Crippen LogP contribution >= 0.6 is 0 Å². The molecule has 2 aromatic rings. The molecule has 0 fully saturated rings. The van der Waals surface area contributed by atoms with Crippen LogP contribution in [0.5, 0.6) is 5.75 Å². The van der Waals surface area contributed by atoms with Gasteiger partial charge in [0.1, 0.15) is 5.75 Å². The van der Waals surface area contributed by atoms with E-state index in [1.54, 1.807) is 19.2 Å². The van der Waals surface area contributed by atoms with Crippen LogP contribution in [-0.2, 0) is 6.54 Å². The number of hydrogen-bond acceptors (Lipinski definition) is 6. The lowest BCUT2D eigenvalue weighted by atomic mass is 10.2. The highest BCUT2D eigenvalue weighted by Gasteiger charge is 2.23. The number of benzene rings is 1. The summed E-state index contributed by atoms with van der Waals surface area (Å²) in [6, 6.07) is 7.29. The predicted octanol–water partition coefficient (Wildman–Crippen LogP) is 0.242. The van der Waals surface area contributed by atoms with Crippen molar-refractivity contribution in [3.05, 3.63) is 35.5 Å². The van der Waals surface area contributed by atoms with Crippen molar-refractivity contribution in [3.63, 3.8) is 0 Å². The molecule has 0 saturated heterocycles. The van der Waals surface area contributed by atoms with Gasteiger partial charge in [-0.1, -0.05) is 0 Å². The van der Waals surface area contributed by atoms with Gasteiger partial charge in [-0.15, -0.1) is 0 Å². The van der Waals surface area contributed by atoms with E-state index >= 15 is 0 Å². The zero-order chi connectivity index (χ0) is 14.5. The molecule has 0 radical (unpaired) electrons. The van der Waals surface area contributed by atoms with E-state index in [0.29, 0.717) is 12.8 Å². The Morgan fingerprint density at radius 2 is 2.20 bits per heavy atom. The highest BCUT2D eigenvalue weighted by atomic mass is 16.5. The average Bonchev–Trinajstić information content (AvgIpc) is 2.80. The molecule has 2 rings (SSSR count). The Hall–Kier alpha value is -2.70. The number of aldehydes is 1. The standard InChI is InChI=1S/C13H13N3O4/c1-9(18)14-13-12(8-17)16(15-20-13)7-10-3-5-11(19-2)6-4-10/h3-6,8H,7H2,1-2H3. The van der Waals surface area contributed by atoms with Gasteiger partial charge in [0.15, 0.2) is 0 Å². The molecule has 0 bridgehead atoms. The number of rotatable bonds is 5. The summed E-state index contributed by atoms with van der Waals surface area (Å²) in [4.78, 5) is 14.6. The molecule has 7 nitrogen and oxygen atoms in total. The van der Waals surface area contributed by atoms with Crippen LogP contribution < -0.4 is 14.5 Å². The Morgan fingerprint density at radius 3 is 2.75 bits per heavy atom. The van der Waals surface area contributed by atoms with E-state index in [4.69, 9.17) is 9.26 Å². The van der Waals surface area contributed by atoms with E-state index in [2.05, 4.69) is 10.3 Å². The zero-order valence-corrected chi connectivity index (χ0v) is 11.1. The molecule has 0 atom stereocenters. The lowest BCUT2D eigenvalue weighted by Crippen LogP contribution is -2.39. The molecule has 104 valence electrons. The number of aliphatic imine (C=N–C) groups is 1. The lowest BCUT2D eigenvalue weighted by Gasteiger charge is -1.99. The number of nitrogens with zero attached hydrogens (tertiary/aromatic N) is 3. The van der Waals surface area contributed by atoms with Crippen LogP contribution in [0.1, 0.15) is 23.0 Å². The maximum atomic E-state index is 11.1. The summed E-state index contributed by atoms with van der Waals surface area (Å²) in [5.74, 6) is 0.198. The Balaban J connectivity index is 2.26. The number of aromatic nitrogens is 2. The van der Waals surface area contributed by atoms with Crippen LogP contribution in [0.25, 0.3) is 0 Å². The van der Waals surface area contributed by atoms with E-state index in [1.165, 1.54) is 11.6 Å². The number of carbonyl (C=O) groups excluding carboxylic acids is 1. The molecule has 1 aromatic heterocycles. The van der Waals surface area contributed by atoms with Crippen LogP contribution in [0.3, 0.4) is 0 Å². The molecule has 0 spiro atoms. The molecular formula is C13H13N3O4. The molecule has 0 aliphatic rings. The van der Waals surface area contributed by atoms with Crippen molar-refractivity contribution in [3.8, 4) is 5.75 Å². The number of methoxy groups -OCH3 is 1. The van der Waals surface area contributed by atoms with Gasteiger partial charge in [-0.05, 0) is 41.8 Å². The lowest BCUT2D eigenvalue weighted by molar-refractivity contribution is -0.755. The van der Waals surface area contributed by atoms with E-state index < -0.39 is 5.90 Å². The van der Waals surface area contributed by atoms with Crippen LogP contribution in [0.2, 0.25) is 0 Å². The first-order valence-electron chi connectivity index (χ1n) is 5.84. The van der Waals surface area contributed by atoms with Gasteiger partial charge in [-0.25, -0.2) is 4.99 Å². The summed E-state index contributed by atoms with van der Waals surface area (Å²) in [6.45, 7) is 1.60. The third kappa shape index (κ3) is 3.00. The van der Waals surface area contributed by atoms with Crippen LogP contribution in [0.4, 0.5) is 5.88 Å². The second-order valence-corrected chi connectivity index (χ2v) is 4.02. The Kier molecular flexibility index (Phi) is 4.09. The van der Waals surface area contributed by atoms with Crippen molar-refractivity contribution in [2.45, 2.75) is 13.5 Å². The predicted molar refractivity (Wildman–Crippen MR) is 67.0 cm³/mol. The van der Waals surface area contributed by atoms with Gasteiger partial charge < -0.3 is 9.84 Å². The molecule has 1 aromatic carbocycles. The second-order valence-electron chi connectivity index (χ2n) is 4.02. The maximum absolute atomic E-state index is 11.1. The Morgan fingerprint density at radius 1 is 1.50 bits per heavy atom. The molecule has 7 heteroatoms. The van der Waals surface area contributed by atoms with Crippen LogP contribution in [0, 0.1) is 0 Å². The molecule has 0 amide bonds. The van der Waals surface area contributed by atoms with Crippen molar-refractivity contribution < 1.29 is 23.8 Å². The molecule has 0 unspecified atom stereocenters. The van der Waals surface area contributed by atoms with Gasteiger partial charge in [-0.3, -0.25) is 9.32 Å². The SMILES string of the molecule is COc1ccc(C[n+]2noc(/N=C(/C)[O-])c2C=O)cc1. The molecule has 0 aliphatic carbocycles. The minimum Gasteiger partial charge on any atom is -0.862 e. The van der Waals surface area contributed by atoms with Crippen LogP contribution in [-0.4, -0.2) is 24.6 Å². The maximum Gasteiger partial charge on any atom is 0.339 e. The molecule has 0 aliphatic heterocycles. The molecule has 0 N–H and O–H groups in total. The fraction of sp³-hybridized carbons (Fsp3) is 0.231. The summed E-state index contributed by atoms with van der Waals surface area (Å²) in [7, 11) is 1.58. The smallest absolute Gasteiger partial charge is 0.339 e. The topological polar surface area (TPSA) is 91.6 Å². The fourth-order valence-corrected chi connectivity index (χ4v) is 1.64. The van der Waals surface area contributed by atoms with E-state index in [1.807, 2.05) is 12.1 Å². The van der Waals surface area contributed by atoms with Crippen molar-refractivity contribution in [2.75, 3.05) is 7.11 Å². The van der Waals surface area contributed by atoms with Crippen molar-refractivity contribution in [2.24, 2.45) is 4.99 Å². The zero-order valence-electron chi connectivity index (χ0n) is 11.1. The average molecular weight is 275 g/mol. The normalized spacial score (nSPS) is 11.4. The van der Waals surface area contributed by atoms with E-state index in [0.717, 1.165) is 11.3 Å². The van der Waals surface area contributed by atoms with Gasteiger partial charge in [0, 0.05) is 5.56 Å². The number of hydrogen-bond donors (Lipinski definition) is 0. The second kappa shape index (κ2) is 5.96. The Bertz CT molecular complexity index is 628. The fourth-order valence-electron chi connectivity index (χ4n) is 1.64. The van der Waals surface area contributed by atoms with Crippen molar-refractivity contribution >= 4 is 18.1 Å². The summed E-state index contributed by atoms with van der Waals surface area (Å²) >= 11 is 0. The van der Waals surface area contributed by atoms with Gasteiger partial charge in [0.05, 0.1) is 7.11 Å². The summed E-state index contributed by atoms with van der Waals surface area (Å²) in [6.07, 6.45) is 0.557. The number of ether oxygens (including phenoxy) is 1. The molecular weight excluding hydrogens is 262 g/mol.